The van der Waals surface area contributed by atoms with Crippen molar-refractivity contribution in [1.29, 1.82) is 0 Å². The topological polar surface area (TPSA) is 24.5 Å². The maximum absolute atomic E-state index is 5.62. The van der Waals surface area contributed by atoms with E-state index in [0.29, 0.717) is 18.2 Å². The number of hydrogen-bond donors (Lipinski definition) is 1. The summed E-state index contributed by atoms with van der Waals surface area (Å²) in [5.74, 6) is 0.838. The van der Waals surface area contributed by atoms with Gasteiger partial charge in [-0.3, -0.25) is 0 Å². The second-order valence-electron chi connectivity index (χ2n) is 6.00. The van der Waals surface area contributed by atoms with Gasteiger partial charge in [0.1, 0.15) is 0 Å². The van der Waals surface area contributed by atoms with E-state index in [1.807, 2.05) is 0 Å². The molecule has 1 saturated heterocycles. The second-order valence-corrected chi connectivity index (χ2v) is 6.00. The normalized spacial score (nSPS) is 35.2. The van der Waals surface area contributed by atoms with Crippen LogP contribution in [0.2, 0.25) is 0 Å². The summed E-state index contributed by atoms with van der Waals surface area (Å²) in [5, 5.41) is 3.81. The van der Waals surface area contributed by atoms with Crippen molar-refractivity contribution in [1.82, 2.24) is 10.2 Å². The molecule has 2 aliphatic rings. The average Bonchev–Trinajstić information content (AvgIpc) is 2.36. The minimum atomic E-state index is 0.526. The fourth-order valence-electron chi connectivity index (χ4n) is 3.37. The van der Waals surface area contributed by atoms with E-state index in [2.05, 4.69) is 31.0 Å². The number of nitrogens with zero attached hydrogens (tertiary/aromatic N) is 1. The van der Waals surface area contributed by atoms with E-state index < -0.39 is 0 Å². The number of hydrogen-bond acceptors (Lipinski definition) is 3. The molecule has 1 N–H and O–H groups in total. The lowest BCUT2D eigenvalue weighted by molar-refractivity contribution is -0.0148. The van der Waals surface area contributed by atoms with Crippen LogP contribution in [0, 0.1) is 5.92 Å². The Hall–Kier alpha value is -0.120. The summed E-state index contributed by atoms with van der Waals surface area (Å²) in [6, 6.07) is 1.36. The van der Waals surface area contributed by atoms with E-state index >= 15 is 0 Å². The zero-order valence-corrected chi connectivity index (χ0v) is 12.3. The third-order valence-electron chi connectivity index (χ3n) is 4.69. The van der Waals surface area contributed by atoms with Gasteiger partial charge in [-0.25, -0.2) is 0 Å². The van der Waals surface area contributed by atoms with E-state index in [-0.39, 0.29) is 0 Å². The largest absolute Gasteiger partial charge is 0.378 e. The number of piperidine rings is 1. The molecule has 106 valence electrons. The zero-order valence-electron chi connectivity index (χ0n) is 12.3. The zero-order chi connectivity index (χ0) is 13.0. The van der Waals surface area contributed by atoms with Crippen LogP contribution in [0.15, 0.2) is 0 Å². The van der Waals surface area contributed by atoms with Crippen molar-refractivity contribution < 1.29 is 4.74 Å². The highest BCUT2D eigenvalue weighted by atomic mass is 16.5. The van der Waals surface area contributed by atoms with E-state index in [9.17, 15) is 0 Å². The minimum absolute atomic E-state index is 0.526. The molecule has 18 heavy (non-hydrogen) atoms. The van der Waals surface area contributed by atoms with E-state index in [1.54, 1.807) is 0 Å². The summed E-state index contributed by atoms with van der Waals surface area (Å²) in [5.41, 5.74) is 0. The first-order valence-electron chi connectivity index (χ1n) is 7.82. The Morgan fingerprint density at radius 1 is 1.33 bits per heavy atom. The Morgan fingerprint density at radius 3 is 2.78 bits per heavy atom. The van der Waals surface area contributed by atoms with Gasteiger partial charge in [0.25, 0.3) is 0 Å². The molecule has 3 nitrogen and oxygen atoms in total. The molecule has 0 aromatic rings. The lowest BCUT2D eigenvalue weighted by atomic mass is 9.85. The lowest BCUT2D eigenvalue weighted by Gasteiger charge is -2.41. The molecule has 0 amide bonds. The molecule has 1 heterocycles. The Labute approximate surface area is 112 Å². The van der Waals surface area contributed by atoms with Crippen molar-refractivity contribution in [2.75, 3.05) is 26.2 Å². The Balaban J connectivity index is 1.67. The van der Waals surface area contributed by atoms with Crippen molar-refractivity contribution in [3.05, 3.63) is 0 Å². The van der Waals surface area contributed by atoms with Gasteiger partial charge in [0.15, 0.2) is 0 Å². The molecule has 2 atom stereocenters. The van der Waals surface area contributed by atoms with Gasteiger partial charge in [0.2, 0.25) is 0 Å². The van der Waals surface area contributed by atoms with Gasteiger partial charge in [-0.2, -0.15) is 0 Å². The molecular weight excluding hydrogens is 224 g/mol. The van der Waals surface area contributed by atoms with Crippen LogP contribution in [0.25, 0.3) is 0 Å². The molecule has 2 rings (SSSR count). The molecule has 2 unspecified atom stereocenters. The number of nitrogens with one attached hydrogen (secondary N) is 1. The van der Waals surface area contributed by atoms with Crippen molar-refractivity contribution in [2.24, 2.45) is 5.92 Å². The standard InChI is InChI=1S/C15H30N2O/c1-4-17-8-6-7-13(11-17)12(3)16-14-9-15(10-14)18-5-2/h12-16H,4-11H2,1-3H3. The summed E-state index contributed by atoms with van der Waals surface area (Å²) in [4.78, 5) is 2.59. The van der Waals surface area contributed by atoms with E-state index in [1.165, 1.54) is 45.3 Å². The molecule has 2 fully saturated rings. The van der Waals surface area contributed by atoms with Gasteiger partial charge in [-0.15, -0.1) is 0 Å². The lowest BCUT2D eigenvalue weighted by Crippen LogP contribution is -2.52. The van der Waals surface area contributed by atoms with Gasteiger partial charge in [0.05, 0.1) is 6.10 Å². The number of rotatable bonds is 6. The average molecular weight is 254 g/mol. The number of likely N-dealkylation sites (tertiary alicyclic amines) is 1. The highest BCUT2D eigenvalue weighted by molar-refractivity contribution is 4.90. The molecule has 0 aromatic heterocycles. The molecule has 3 heteroatoms. The molecule has 1 saturated carbocycles. The van der Waals surface area contributed by atoms with Gasteiger partial charge in [-0.1, -0.05) is 6.92 Å². The van der Waals surface area contributed by atoms with Crippen LogP contribution in [0.5, 0.6) is 0 Å². The van der Waals surface area contributed by atoms with Crippen LogP contribution in [0.3, 0.4) is 0 Å². The monoisotopic (exact) mass is 254 g/mol. The summed E-state index contributed by atoms with van der Waals surface area (Å²) >= 11 is 0. The van der Waals surface area contributed by atoms with Crippen LogP contribution in [0.4, 0.5) is 0 Å². The predicted molar refractivity (Wildman–Crippen MR) is 75.9 cm³/mol. The Morgan fingerprint density at radius 2 is 2.11 bits per heavy atom. The van der Waals surface area contributed by atoms with Gasteiger partial charge < -0.3 is 15.0 Å². The summed E-state index contributed by atoms with van der Waals surface area (Å²) < 4.78 is 5.62. The fourth-order valence-corrected chi connectivity index (χ4v) is 3.37. The summed E-state index contributed by atoms with van der Waals surface area (Å²) in [7, 11) is 0. The SMILES string of the molecule is CCOC1CC(NC(C)C2CCCN(CC)C2)C1. The molecule has 0 radical (unpaired) electrons. The fraction of sp³-hybridized carbons (Fsp3) is 1.00. The molecule has 0 spiro atoms. The smallest absolute Gasteiger partial charge is 0.0604 e. The predicted octanol–water partition coefficient (Wildman–Crippen LogP) is 2.26. The van der Waals surface area contributed by atoms with Gasteiger partial charge in [-0.05, 0) is 58.5 Å². The molecule has 0 bridgehead atoms. The summed E-state index contributed by atoms with van der Waals surface area (Å²) in [6.45, 7) is 11.4. The van der Waals surface area contributed by atoms with Crippen LogP contribution < -0.4 is 5.32 Å². The molecule has 1 aliphatic heterocycles. The summed E-state index contributed by atoms with van der Waals surface area (Å²) in [6.07, 6.45) is 5.71. The second kappa shape index (κ2) is 6.88. The van der Waals surface area contributed by atoms with Crippen molar-refractivity contribution in [2.45, 2.75) is 64.6 Å². The highest BCUT2D eigenvalue weighted by Crippen LogP contribution is 2.26. The molecular formula is C15H30N2O. The van der Waals surface area contributed by atoms with Crippen LogP contribution in [0.1, 0.15) is 46.5 Å². The first-order valence-corrected chi connectivity index (χ1v) is 7.82. The van der Waals surface area contributed by atoms with E-state index in [0.717, 1.165) is 12.5 Å². The Bertz CT molecular complexity index is 241. The number of ether oxygens (including phenoxy) is 1. The quantitative estimate of drug-likeness (QED) is 0.787. The van der Waals surface area contributed by atoms with Crippen LogP contribution in [-0.4, -0.2) is 49.3 Å². The molecule has 1 aliphatic carbocycles. The maximum atomic E-state index is 5.62. The van der Waals surface area contributed by atoms with Gasteiger partial charge in [0, 0.05) is 25.2 Å². The first kappa shape index (κ1) is 14.3. The van der Waals surface area contributed by atoms with Gasteiger partial charge >= 0.3 is 0 Å². The van der Waals surface area contributed by atoms with Crippen LogP contribution in [-0.2, 0) is 4.74 Å². The van der Waals surface area contributed by atoms with Crippen molar-refractivity contribution in [3.63, 3.8) is 0 Å². The molecule has 0 aromatic carbocycles. The third-order valence-corrected chi connectivity index (χ3v) is 4.69. The Kier molecular flexibility index (Phi) is 5.46. The van der Waals surface area contributed by atoms with Crippen molar-refractivity contribution in [3.8, 4) is 0 Å². The van der Waals surface area contributed by atoms with Crippen molar-refractivity contribution >= 4 is 0 Å². The third kappa shape index (κ3) is 3.69. The maximum Gasteiger partial charge on any atom is 0.0604 e. The minimum Gasteiger partial charge on any atom is -0.378 e. The highest BCUT2D eigenvalue weighted by Gasteiger charge is 2.32. The van der Waals surface area contributed by atoms with E-state index in [4.69, 9.17) is 4.74 Å². The van der Waals surface area contributed by atoms with Crippen LogP contribution >= 0.6 is 0 Å². The first-order chi connectivity index (χ1) is 8.72.